The molecule has 2 N–H and O–H groups in total. The summed E-state index contributed by atoms with van der Waals surface area (Å²) in [4.78, 5) is 18.7. The molecule has 7 nitrogen and oxygen atoms in total. The number of aromatic nitrogens is 3. The number of hydrogen-bond donors (Lipinski definition) is 2. The molecule has 3 aromatic heterocycles. The fraction of sp³-hybridized carbons (Fsp3) is 0.571. The van der Waals surface area contributed by atoms with Gasteiger partial charge in [-0.1, -0.05) is 0 Å². The van der Waals surface area contributed by atoms with Crippen LogP contribution in [0.5, 0.6) is 0 Å². The fourth-order valence-electron chi connectivity index (χ4n) is 4.81. The van der Waals surface area contributed by atoms with Gasteiger partial charge in [0.05, 0.1) is 42.1 Å². The van der Waals surface area contributed by atoms with E-state index in [1.54, 1.807) is 11.3 Å². The van der Waals surface area contributed by atoms with Crippen LogP contribution in [-0.2, 0) is 17.2 Å². The van der Waals surface area contributed by atoms with Crippen LogP contribution in [0, 0.1) is 0 Å². The van der Waals surface area contributed by atoms with Gasteiger partial charge in [0.25, 0.3) is 0 Å². The molecule has 170 valence electrons. The summed E-state index contributed by atoms with van der Waals surface area (Å²) in [5, 5.41) is 14.6. The fourth-order valence-corrected chi connectivity index (χ4v) is 9.08. The van der Waals surface area contributed by atoms with Gasteiger partial charge in [-0.05, 0) is 54.1 Å². The smallest absolute Gasteiger partial charge is 0.227 e. The van der Waals surface area contributed by atoms with Crippen LogP contribution < -0.4 is 10.2 Å². The lowest BCUT2D eigenvalue weighted by molar-refractivity contribution is 0.143. The lowest BCUT2D eigenvalue weighted by Gasteiger charge is -2.42. The number of thiophene rings is 1. The quantitative estimate of drug-likeness (QED) is 0.487. The number of piperidine rings is 1. The number of aliphatic hydroxyl groups excluding tert-OH is 1. The van der Waals surface area contributed by atoms with Gasteiger partial charge in [0.2, 0.25) is 5.95 Å². The van der Waals surface area contributed by atoms with E-state index in [4.69, 9.17) is 15.0 Å². The molecule has 1 saturated heterocycles. The van der Waals surface area contributed by atoms with Crippen molar-refractivity contribution >= 4 is 70.7 Å². The van der Waals surface area contributed by atoms with E-state index in [0.29, 0.717) is 17.5 Å². The zero-order valence-electron chi connectivity index (χ0n) is 17.5. The van der Waals surface area contributed by atoms with Gasteiger partial charge in [0, 0.05) is 31.2 Å². The summed E-state index contributed by atoms with van der Waals surface area (Å²) in [5.74, 6) is 2.47. The third kappa shape index (κ3) is 3.70. The highest BCUT2D eigenvalue weighted by Gasteiger charge is 2.39. The predicted molar refractivity (Wildman–Crippen MR) is 134 cm³/mol. The molecule has 0 unspecified atom stereocenters. The summed E-state index contributed by atoms with van der Waals surface area (Å²) in [6, 6.07) is 2.16. The van der Waals surface area contributed by atoms with Crippen LogP contribution in [0.15, 0.2) is 14.7 Å². The van der Waals surface area contributed by atoms with Gasteiger partial charge in [0.1, 0.15) is 15.5 Å². The Balaban J connectivity index is 1.23. The molecule has 32 heavy (non-hydrogen) atoms. The Labute approximate surface area is 205 Å². The number of nitrogens with one attached hydrogen (secondary N) is 1. The molecule has 3 aliphatic rings. The summed E-state index contributed by atoms with van der Waals surface area (Å²) in [5.41, 5.74) is 0.572. The largest absolute Gasteiger partial charge is 0.394 e. The van der Waals surface area contributed by atoms with E-state index in [2.05, 4.69) is 32.2 Å². The van der Waals surface area contributed by atoms with Gasteiger partial charge in [-0.25, -0.2) is 9.97 Å². The first-order chi connectivity index (χ1) is 15.5. The maximum atomic E-state index is 12.6. The monoisotopic (exact) mass is 553 g/mol. The van der Waals surface area contributed by atoms with Crippen LogP contribution >= 0.6 is 38.6 Å². The molecule has 1 aliphatic carbocycles. The lowest BCUT2D eigenvalue weighted by atomic mass is 9.77. The number of thiazole rings is 1. The van der Waals surface area contributed by atoms with Gasteiger partial charge in [-0.15, -0.1) is 22.7 Å². The minimum atomic E-state index is -1.07. The molecular formula is C21H24BrN5O2S3. The van der Waals surface area contributed by atoms with Crippen molar-refractivity contribution in [3.05, 3.63) is 20.6 Å². The van der Waals surface area contributed by atoms with E-state index in [1.165, 1.54) is 9.71 Å². The number of anilines is 2. The van der Waals surface area contributed by atoms with Crippen LogP contribution in [0.1, 0.15) is 48.7 Å². The number of aryl methyl sites for hydroxylation is 1. The molecule has 6 rings (SSSR count). The molecule has 1 saturated carbocycles. The predicted octanol–water partition coefficient (Wildman–Crippen LogP) is 4.28. The normalized spacial score (nSPS) is 22.8. The molecule has 5 heterocycles. The standard InChI is InChI=1S/C21H24BrN5O2S3/c22-15-10-14-19(31-15)25-18(30-14)12-2-7-27(8-3-12)20-23-13-4-9-32(29)16(13)17(24-20)26-21(11-28)5-1-6-21/h10,12,28H,1-9,11H2,(H,23,24,26)/t32-/m0/s1. The first kappa shape index (κ1) is 21.4. The third-order valence-electron chi connectivity index (χ3n) is 6.88. The number of fused-ring (bicyclic) bond motifs is 2. The maximum absolute atomic E-state index is 12.6. The van der Waals surface area contributed by atoms with Gasteiger partial charge in [-0.3, -0.25) is 4.21 Å². The highest BCUT2D eigenvalue weighted by atomic mass is 79.9. The second-order valence-electron chi connectivity index (χ2n) is 8.90. The Morgan fingerprint density at radius 1 is 1.25 bits per heavy atom. The zero-order chi connectivity index (χ0) is 21.9. The van der Waals surface area contributed by atoms with Gasteiger partial charge in [-0.2, -0.15) is 4.98 Å². The number of halogens is 1. The van der Waals surface area contributed by atoms with Crippen molar-refractivity contribution in [2.45, 2.75) is 54.9 Å². The van der Waals surface area contributed by atoms with Crippen LogP contribution in [0.4, 0.5) is 11.8 Å². The average molecular weight is 555 g/mol. The molecule has 1 atom stereocenters. The average Bonchev–Trinajstić information content (AvgIpc) is 3.43. The molecule has 2 aliphatic heterocycles. The van der Waals surface area contributed by atoms with E-state index >= 15 is 0 Å². The molecule has 11 heteroatoms. The highest BCUT2D eigenvalue weighted by Crippen LogP contribution is 2.41. The summed E-state index contributed by atoms with van der Waals surface area (Å²) in [7, 11) is -1.07. The Morgan fingerprint density at radius 3 is 2.75 bits per heavy atom. The summed E-state index contributed by atoms with van der Waals surface area (Å²) in [6.07, 6.45) is 5.69. The Morgan fingerprint density at radius 2 is 2.06 bits per heavy atom. The Bertz CT molecular complexity index is 1160. The van der Waals surface area contributed by atoms with Crippen LogP contribution in [-0.4, -0.2) is 55.3 Å². The van der Waals surface area contributed by atoms with Crippen molar-refractivity contribution in [3.8, 4) is 0 Å². The van der Waals surface area contributed by atoms with Crippen LogP contribution in [0.25, 0.3) is 9.53 Å². The summed E-state index contributed by atoms with van der Waals surface area (Å²) < 4.78 is 15.0. The Hall–Kier alpha value is -1.14. The molecular weight excluding hydrogens is 530 g/mol. The molecule has 0 spiro atoms. The van der Waals surface area contributed by atoms with E-state index in [9.17, 15) is 9.32 Å². The maximum Gasteiger partial charge on any atom is 0.227 e. The first-order valence-electron chi connectivity index (χ1n) is 11.0. The number of nitrogens with zero attached hydrogens (tertiary/aromatic N) is 4. The summed E-state index contributed by atoms with van der Waals surface area (Å²) in [6.45, 7) is 1.84. The summed E-state index contributed by atoms with van der Waals surface area (Å²) >= 11 is 7.05. The Kier molecular flexibility index (Phi) is 5.53. The lowest BCUT2D eigenvalue weighted by Crippen LogP contribution is -2.48. The number of aliphatic hydroxyl groups is 1. The van der Waals surface area contributed by atoms with Crippen molar-refractivity contribution in [1.82, 2.24) is 15.0 Å². The molecule has 0 amide bonds. The SMILES string of the molecule is O=[S@]1CCc2nc(N3CCC(c4nc5sc(Br)cc5s4)CC3)nc(NC3(CO)CCC3)c21. The topological polar surface area (TPSA) is 91.2 Å². The molecule has 0 bridgehead atoms. The zero-order valence-corrected chi connectivity index (χ0v) is 21.5. The third-order valence-corrected chi connectivity index (χ3v) is 11.2. The first-order valence-corrected chi connectivity index (χ1v) is 14.8. The van der Waals surface area contributed by atoms with E-state index in [0.717, 1.165) is 76.8 Å². The second-order valence-corrected chi connectivity index (χ2v) is 13.9. The van der Waals surface area contributed by atoms with E-state index in [1.807, 2.05) is 11.3 Å². The van der Waals surface area contributed by atoms with Crippen LogP contribution in [0.2, 0.25) is 0 Å². The van der Waals surface area contributed by atoms with Gasteiger partial charge < -0.3 is 15.3 Å². The highest BCUT2D eigenvalue weighted by molar-refractivity contribution is 9.11. The number of rotatable bonds is 5. The molecule has 2 fully saturated rings. The van der Waals surface area contributed by atoms with E-state index < -0.39 is 10.8 Å². The van der Waals surface area contributed by atoms with Crippen molar-refractivity contribution in [3.63, 3.8) is 0 Å². The van der Waals surface area contributed by atoms with Crippen molar-refractivity contribution in [1.29, 1.82) is 0 Å². The van der Waals surface area contributed by atoms with Crippen molar-refractivity contribution in [2.24, 2.45) is 0 Å². The van der Waals surface area contributed by atoms with Crippen LogP contribution in [0.3, 0.4) is 0 Å². The molecule has 3 aromatic rings. The molecule has 0 radical (unpaired) electrons. The van der Waals surface area contributed by atoms with Crippen molar-refractivity contribution in [2.75, 3.05) is 35.7 Å². The minimum Gasteiger partial charge on any atom is -0.394 e. The minimum absolute atomic E-state index is 0.0704. The second kappa shape index (κ2) is 8.26. The van der Waals surface area contributed by atoms with Crippen molar-refractivity contribution < 1.29 is 9.32 Å². The van der Waals surface area contributed by atoms with Gasteiger partial charge in [0.15, 0.2) is 0 Å². The number of hydrogen-bond acceptors (Lipinski definition) is 9. The molecule has 0 aromatic carbocycles. The van der Waals surface area contributed by atoms with Gasteiger partial charge >= 0.3 is 0 Å². The van der Waals surface area contributed by atoms with E-state index in [-0.39, 0.29) is 12.1 Å².